The summed E-state index contributed by atoms with van der Waals surface area (Å²) in [5.41, 5.74) is 16.1. The van der Waals surface area contributed by atoms with Crippen LogP contribution in [0, 0.1) is 5.92 Å². The standard InChI is InChI=1S/C25H33N9O10S2/c1-25(2)20(22(36)34(25)44-46(39,40)41)30-21(35)19(16-12-45-24(28)29-16)31-43-18(23(37)38)11-42-15-4-5-17-14(6-15)10-33(32(17)3)9-13(7-26)8-27/h4-6,10,12-13,18,20H,7-9,11,26-27H2,1-3H3,(H4-,28,29,30,35,37,38,39,40,41)/p+1/b31-19-/t18-,20+/m0/s1. The number of carbonyl (C=O) groups is 3. The largest absolute Gasteiger partial charge is 0.489 e. The summed E-state index contributed by atoms with van der Waals surface area (Å²) in [4.78, 5) is 46.9. The van der Waals surface area contributed by atoms with Gasteiger partial charge in [0.15, 0.2) is 17.4 Å². The van der Waals surface area contributed by atoms with Gasteiger partial charge in [-0.15, -0.1) is 20.3 Å². The monoisotopic (exact) mass is 684 g/mol. The van der Waals surface area contributed by atoms with Crippen molar-refractivity contribution in [3.05, 3.63) is 35.5 Å². The molecule has 1 aliphatic rings. The Morgan fingerprint density at radius 3 is 2.54 bits per heavy atom. The highest BCUT2D eigenvalue weighted by Gasteiger charge is 2.58. The van der Waals surface area contributed by atoms with Gasteiger partial charge in [0.25, 0.3) is 17.9 Å². The summed E-state index contributed by atoms with van der Waals surface area (Å²) in [5.74, 6) is -3.05. The number of benzene rings is 1. The van der Waals surface area contributed by atoms with E-state index < -0.39 is 58.2 Å². The molecule has 0 bridgehead atoms. The van der Waals surface area contributed by atoms with Gasteiger partial charge in [-0.2, -0.15) is 18.2 Å². The lowest BCUT2D eigenvalue weighted by molar-refractivity contribution is -0.775. The number of hydroxylamine groups is 2. The molecule has 1 aromatic carbocycles. The molecule has 2 atom stereocenters. The number of nitrogens with one attached hydrogen (secondary N) is 1. The van der Waals surface area contributed by atoms with E-state index in [1.165, 1.54) is 19.2 Å². The molecule has 9 N–H and O–H groups in total. The summed E-state index contributed by atoms with van der Waals surface area (Å²) < 4.78 is 45.0. The van der Waals surface area contributed by atoms with Crippen LogP contribution in [0.4, 0.5) is 5.13 Å². The third kappa shape index (κ3) is 7.51. The van der Waals surface area contributed by atoms with Gasteiger partial charge < -0.3 is 37.2 Å². The number of amides is 2. The number of β-lactam (4-membered cyclic amide) rings is 1. The fraction of sp³-hybridized carbons (Fsp3) is 0.440. The summed E-state index contributed by atoms with van der Waals surface area (Å²) >= 11 is 0.957. The highest BCUT2D eigenvalue weighted by Crippen LogP contribution is 2.33. The van der Waals surface area contributed by atoms with Gasteiger partial charge in [0.2, 0.25) is 6.20 Å². The molecule has 1 aliphatic heterocycles. The van der Waals surface area contributed by atoms with Crippen molar-refractivity contribution in [3.8, 4) is 5.75 Å². The van der Waals surface area contributed by atoms with E-state index in [0.29, 0.717) is 30.4 Å². The lowest BCUT2D eigenvalue weighted by Crippen LogP contribution is -2.76. The Labute approximate surface area is 266 Å². The van der Waals surface area contributed by atoms with E-state index in [1.54, 1.807) is 18.2 Å². The van der Waals surface area contributed by atoms with Crippen LogP contribution in [-0.2, 0) is 47.5 Å². The Hall–Kier alpha value is -4.41. The molecule has 250 valence electrons. The molecule has 2 aromatic heterocycles. The van der Waals surface area contributed by atoms with Gasteiger partial charge in [-0.3, -0.25) is 14.1 Å². The molecule has 4 rings (SSSR count). The first kappa shape index (κ1) is 34.5. The molecule has 1 fully saturated rings. The van der Waals surface area contributed by atoms with Gasteiger partial charge in [0.1, 0.15) is 29.6 Å². The third-order valence-corrected chi connectivity index (χ3v) is 8.19. The van der Waals surface area contributed by atoms with Gasteiger partial charge in [0, 0.05) is 24.4 Å². The minimum atomic E-state index is -5.02. The number of hydrogen-bond donors (Lipinski definition) is 6. The molecule has 0 unspecified atom stereocenters. The number of carbonyl (C=O) groups excluding carboxylic acids is 2. The maximum atomic E-state index is 13.2. The molecule has 46 heavy (non-hydrogen) atoms. The predicted octanol–water partition coefficient (Wildman–Crippen LogP) is -1.87. The number of carboxylic acids is 1. The van der Waals surface area contributed by atoms with Gasteiger partial charge in [-0.25, -0.2) is 9.78 Å². The van der Waals surface area contributed by atoms with Crippen molar-refractivity contribution >= 4 is 61.3 Å². The third-order valence-electron chi connectivity index (χ3n) is 7.18. The van der Waals surface area contributed by atoms with Crippen molar-refractivity contribution < 1.29 is 51.0 Å². The van der Waals surface area contributed by atoms with Crippen LogP contribution in [0.25, 0.3) is 10.9 Å². The first-order chi connectivity index (χ1) is 21.5. The van der Waals surface area contributed by atoms with E-state index >= 15 is 0 Å². The van der Waals surface area contributed by atoms with Crippen molar-refractivity contribution in [2.75, 3.05) is 25.4 Å². The molecule has 1 saturated heterocycles. The maximum Gasteiger partial charge on any atom is 0.418 e. The Balaban J connectivity index is 1.49. The molecule has 0 aliphatic carbocycles. The van der Waals surface area contributed by atoms with Crippen LogP contribution in [0.2, 0.25) is 0 Å². The van der Waals surface area contributed by atoms with E-state index in [1.807, 2.05) is 22.6 Å². The van der Waals surface area contributed by atoms with Crippen LogP contribution in [0.1, 0.15) is 19.5 Å². The van der Waals surface area contributed by atoms with Gasteiger partial charge >= 0.3 is 16.4 Å². The van der Waals surface area contributed by atoms with Gasteiger partial charge in [-0.1, -0.05) is 5.16 Å². The normalized spacial score (nSPS) is 17.2. The average Bonchev–Trinajstić information content (AvgIpc) is 3.55. The van der Waals surface area contributed by atoms with Crippen molar-refractivity contribution in [3.63, 3.8) is 0 Å². The maximum absolute atomic E-state index is 13.2. The van der Waals surface area contributed by atoms with E-state index in [2.05, 4.69) is 19.7 Å². The van der Waals surface area contributed by atoms with Crippen molar-refractivity contribution in [2.45, 2.75) is 38.1 Å². The number of aromatic nitrogens is 3. The number of aryl methyl sites for hydroxylation is 1. The highest BCUT2D eigenvalue weighted by molar-refractivity contribution is 7.80. The number of nitrogens with two attached hydrogens (primary N) is 3. The van der Waals surface area contributed by atoms with Gasteiger partial charge in [0.05, 0.1) is 18.0 Å². The average molecular weight is 685 g/mol. The molecule has 0 saturated carbocycles. The van der Waals surface area contributed by atoms with Crippen LogP contribution >= 0.6 is 11.3 Å². The Morgan fingerprint density at radius 1 is 1.28 bits per heavy atom. The second-order valence-corrected chi connectivity index (χ2v) is 12.7. The molecule has 0 spiro atoms. The quantitative estimate of drug-likeness (QED) is 0.0336. The molecule has 19 nitrogen and oxygen atoms in total. The summed E-state index contributed by atoms with van der Waals surface area (Å²) in [7, 11) is -3.14. The number of rotatable bonds is 15. The summed E-state index contributed by atoms with van der Waals surface area (Å²) in [6.45, 7) is 3.67. The fourth-order valence-electron chi connectivity index (χ4n) is 4.55. The van der Waals surface area contributed by atoms with Crippen molar-refractivity contribution in [2.24, 2.45) is 29.6 Å². The van der Waals surface area contributed by atoms with Gasteiger partial charge in [-0.05, 0) is 32.0 Å². The van der Waals surface area contributed by atoms with E-state index in [-0.39, 0.29) is 16.7 Å². The first-order valence-corrected chi connectivity index (χ1v) is 15.8. The predicted molar refractivity (Wildman–Crippen MR) is 161 cm³/mol. The van der Waals surface area contributed by atoms with Crippen LogP contribution in [0.3, 0.4) is 0 Å². The lowest BCUT2D eigenvalue weighted by Gasteiger charge is -2.50. The fourth-order valence-corrected chi connectivity index (χ4v) is 5.55. The number of fused-ring (bicyclic) bond motifs is 1. The molecule has 2 amide bonds. The molecular formula is C25H34N9O10S2+. The van der Waals surface area contributed by atoms with E-state index in [4.69, 9.17) is 31.3 Å². The lowest BCUT2D eigenvalue weighted by atomic mass is 9.84. The Kier molecular flexibility index (Phi) is 10.1. The second-order valence-electron chi connectivity index (χ2n) is 10.8. The number of hydrogen-bond acceptors (Lipinski definition) is 14. The highest BCUT2D eigenvalue weighted by atomic mass is 32.3. The molecule has 3 heterocycles. The number of ether oxygens (including phenoxy) is 1. The number of oxime groups is 1. The summed E-state index contributed by atoms with van der Waals surface area (Å²) in [6.07, 6.45) is 0.202. The minimum Gasteiger partial charge on any atom is -0.489 e. The summed E-state index contributed by atoms with van der Waals surface area (Å²) in [5, 5.41) is 18.5. The van der Waals surface area contributed by atoms with Crippen molar-refractivity contribution in [1.82, 2.24) is 20.0 Å². The van der Waals surface area contributed by atoms with E-state index in [9.17, 15) is 27.9 Å². The number of anilines is 1. The van der Waals surface area contributed by atoms with Crippen molar-refractivity contribution in [1.29, 1.82) is 0 Å². The number of aliphatic carboxylic acids is 1. The first-order valence-electron chi connectivity index (χ1n) is 13.6. The topological polar surface area (TPSA) is 281 Å². The zero-order valence-corrected chi connectivity index (χ0v) is 26.5. The zero-order valence-electron chi connectivity index (χ0n) is 24.9. The number of nitrogens with zero attached hydrogens (tertiary/aromatic N) is 5. The Bertz CT molecular complexity index is 1770. The molecular weight excluding hydrogens is 650 g/mol. The zero-order chi connectivity index (χ0) is 34.0. The van der Waals surface area contributed by atoms with Crippen LogP contribution in [0.15, 0.2) is 34.9 Å². The van der Waals surface area contributed by atoms with Crippen LogP contribution < -0.4 is 31.9 Å². The summed E-state index contributed by atoms with van der Waals surface area (Å²) in [6, 6.07) is 3.85. The minimum absolute atomic E-state index is 0.0561. The SMILES string of the molecule is Cn1c2ccc(OC[C@H](O/N=C(\C(=O)N[C@@H]3C(=O)N(OS(=O)(=O)O)C3(C)C)c3csc(N)n3)C(=O)O)cc2c[n+]1CC(CN)CN. The second kappa shape index (κ2) is 13.5. The molecule has 21 heteroatoms. The smallest absolute Gasteiger partial charge is 0.418 e. The number of thiazole rings is 1. The number of carboxylic acid groups (broad SMARTS) is 1. The van der Waals surface area contributed by atoms with E-state index in [0.717, 1.165) is 22.2 Å². The number of nitrogen functional groups attached to an aromatic ring is 1. The van der Waals surface area contributed by atoms with Crippen LogP contribution in [0.5, 0.6) is 5.75 Å². The van der Waals surface area contributed by atoms with Crippen LogP contribution in [-0.4, -0.2) is 93.7 Å². The Morgan fingerprint density at radius 2 is 1.98 bits per heavy atom. The molecule has 3 aromatic rings. The molecule has 0 radical (unpaired) electrons.